The van der Waals surface area contributed by atoms with Gasteiger partial charge in [0.05, 0.1) is 4.88 Å². The summed E-state index contributed by atoms with van der Waals surface area (Å²) in [4.78, 5) is 15.5. The molecule has 13 heavy (non-hydrogen) atoms. The third-order valence-corrected chi connectivity index (χ3v) is 3.27. The average molecular weight is 261 g/mol. The lowest BCUT2D eigenvalue weighted by molar-refractivity contribution is -0.122. The number of nitrogens with zero attached hydrogens (tertiary/aromatic N) is 1. The summed E-state index contributed by atoms with van der Waals surface area (Å²) in [5.74, 6) is -0.341. The molecule has 68 valence electrons. The largest absolute Gasteiger partial charge is 0.446 e. The summed E-state index contributed by atoms with van der Waals surface area (Å²) in [5.41, 5.74) is 5.26. The molecule has 0 radical (unpaired) electrons. The van der Waals surface area contributed by atoms with Crippen LogP contribution in [0.15, 0.2) is 20.9 Å². The molecule has 1 aromatic rings. The van der Waals surface area contributed by atoms with Gasteiger partial charge < -0.3 is 10.5 Å². The number of halogens is 1. The van der Waals surface area contributed by atoms with Gasteiger partial charge in [0, 0.05) is 9.85 Å². The Balaban J connectivity index is 2.25. The molecule has 0 aliphatic carbocycles. The topological polar surface area (TPSA) is 64.7 Å². The first-order chi connectivity index (χ1) is 6.16. The number of nitrogens with two attached hydrogens (primary N) is 1. The lowest BCUT2D eigenvalue weighted by Gasteiger charge is -2.03. The number of amides is 1. The normalized spacial score (nSPS) is 21.5. The Morgan fingerprint density at radius 3 is 2.92 bits per heavy atom. The van der Waals surface area contributed by atoms with Gasteiger partial charge in [0.2, 0.25) is 6.10 Å². The van der Waals surface area contributed by atoms with Crippen LogP contribution in [0.4, 0.5) is 0 Å². The molecule has 4 nitrogen and oxygen atoms in total. The van der Waals surface area contributed by atoms with Crippen LogP contribution in [0.25, 0.3) is 0 Å². The van der Waals surface area contributed by atoms with Crippen molar-refractivity contribution in [2.45, 2.75) is 6.10 Å². The van der Waals surface area contributed by atoms with Crippen LogP contribution in [0.1, 0.15) is 11.0 Å². The van der Waals surface area contributed by atoms with Crippen LogP contribution in [0.3, 0.4) is 0 Å². The minimum atomic E-state index is -0.642. The van der Waals surface area contributed by atoms with E-state index in [4.69, 9.17) is 10.5 Å². The van der Waals surface area contributed by atoms with Gasteiger partial charge in [-0.25, -0.2) is 0 Å². The van der Waals surface area contributed by atoms with Crippen molar-refractivity contribution >= 4 is 39.2 Å². The van der Waals surface area contributed by atoms with Crippen LogP contribution in [0, 0.1) is 0 Å². The zero-order chi connectivity index (χ0) is 9.42. The van der Waals surface area contributed by atoms with Crippen molar-refractivity contribution in [3.05, 3.63) is 20.8 Å². The Kier molecular flexibility index (Phi) is 2.09. The maximum Gasteiger partial charge on any atom is 0.296 e. The molecular weight excluding hydrogens is 256 g/mol. The number of amidine groups is 1. The summed E-state index contributed by atoms with van der Waals surface area (Å²) in [6.45, 7) is 0. The predicted octanol–water partition coefficient (Wildman–Crippen LogP) is 1.42. The Bertz CT molecular complexity index is 388. The fourth-order valence-corrected chi connectivity index (χ4v) is 2.47. The monoisotopic (exact) mass is 260 g/mol. The Morgan fingerprint density at radius 1 is 1.69 bits per heavy atom. The summed E-state index contributed by atoms with van der Waals surface area (Å²) in [5, 5.41) is 1.88. The number of hydrogen-bond acceptors (Lipinski definition) is 4. The highest BCUT2D eigenvalue weighted by Crippen LogP contribution is 2.30. The fraction of sp³-hybridized carbons (Fsp3) is 0.143. The highest BCUT2D eigenvalue weighted by Gasteiger charge is 2.30. The minimum absolute atomic E-state index is 0.0560. The second kappa shape index (κ2) is 3.12. The Labute approximate surface area is 86.5 Å². The molecule has 0 fully saturated rings. The van der Waals surface area contributed by atoms with E-state index in [9.17, 15) is 4.79 Å². The van der Waals surface area contributed by atoms with Gasteiger partial charge in [-0.2, -0.15) is 4.99 Å². The number of rotatable bonds is 1. The smallest absolute Gasteiger partial charge is 0.296 e. The van der Waals surface area contributed by atoms with Gasteiger partial charge in [-0.05, 0) is 22.0 Å². The van der Waals surface area contributed by atoms with Crippen LogP contribution < -0.4 is 5.73 Å². The van der Waals surface area contributed by atoms with Gasteiger partial charge in [-0.1, -0.05) is 0 Å². The third kappa shape index (κ3) is 1.59. The summed E-state index contributed by atoms with van der Waals surface area (Å²) in [6.07, 6.45) is -0.642. The fourth-order valence-electron chi connectivity index (χ4n) is 1.01. The summed E-state index contributed by atoms with van der Waals surface area (Å²) < 4.78 is 5.97. The molecule has 0 spiro atoms. The van der Waals surface area contributed by atoms with E-state index in [2.05, 4.69) is 20.9 Å². The quantitative estimate of drug-likeness (QED) is 0.831. The van der Waals surface area contributed by atoms with Crippen molar-refractivity contribution in [1.29, 1.82) is 0 Å². The van der Waals surface area contributed by atoms with Crippen molar-refractivity contribution in [1.82, 2.24) is 0 Å². The van der Waals surface area contributed by atoms with E-state index in [0.29, 0.717) is 0 Å². The second-order valence-corrected chi connectivity index (χ2v) is 4.31. The first-order valence-electron chi connectivity index (χ1n) is 3.45. The van der Waals surface area contributed by atoms with Crippen molar-refractivity contribution in [3.8, 4) is 0 Å². The molecule has 1 atom stereocenters. The standard InChI is InChI=1S/C7H5BrN2O2S/c8-3-1-4(13-2-3)5-6(11)10-7(9)12-5/h1-2,5H,(H2,9,10,11). The number of ether oxygens (including phenoxy) is 1. The molecule has 1 aliphatic rings. The summed E-state index contributed by atoms with van der Waals surface area (Å²) in [7, 11) is 0. The Morgan fingerprint density at radius 2 is 2.46 bits per heavy atom. The first kappa shape index (κ1) is 8.71. The highest BCUT2D eigenvalue weighted by molar-refractivity contribution is 9.10. The first-order valence-corrected chi connectivity index (χ1v) is 5.12. The SMILES string of the molecule is NC1=NC(=O)C(c2cc(Br)cs2)O1. The number of carbonyl (C=O) groups excluding carboxylic acids is 1. The second-order valence-electron chi connectivity index (χ2n) is 2.45. The van der Waals surface area contributed by atoms with Gasteiger partial charge >= 0.3 is 0 Å². The molecular formula is C7H5BrN2O2S. The molecule has 1 amide bonds. The predicted molar refractivity (Wildman–Crippen MR) is 52.5 cm³/mol. The van der Waals surface area contributed by atoms with Crippen LogP contribution in [0.2, 0.25) is 0 Å². The minimum Gasteiger partial charge on any atom is -0.446 e. The van der Waals surface area contributed by atoms with E-state index in [0.717, 1.165) is 9.35 Å². The van der Waals surface area contributed by atoms with Gasteiger partial charge in [0.1, 0.15) is 0 Å². The number of thiophene rings is 1. The van der Waals surface area contributed by atoms with Crippen LogP contribution in [0.5, 0.6) is 0 Å². The molecule has 2 heterocycles. The maximum atomic E-state index is 11.2. The van der Waals surface area contributed by atoms with Crippen LogP contribution in [-0.2, 0) is 9.53 Å². The van der Waals surface area contributed by atoms with E-state index in [1.807, 2.05) is 11.4 Å². The van der Waals surface area contributed by atoms with E-state index < -0.39 is 6.10 Å². The van der Waals surface area contributed by atoms with Crippen molar-refractivity contribution in [2.75, 3.05) is 0 Å². The van der Waals surface area contributed by atoms with Crippen molar-refractivity contribution in [2.24, 2.45) is 10.7 Å². The van der Waals surface area contributed by atoms with Crippen molar-refractivity contribution < 1.29 is 9.53 Å². The van der Waals surface area contributed by atoms with Crippen LogP contribution >= 0.6 is 27.3 Å². The average Bonchev–Trinajstić information content (AvgIpc) is 2.58. The molecule has 1 aromatic heterocycles. The lowest BCUT2D eigenvalue weighted by Crippen LogP contribution is -2.13. The van der Waals surface area contributed by atoms with E-state index in [1.165, 1.54) is 11.3 Å². The molecule has 1 aliphatic heterocycles. The maximum absolute atomic E-state index is 11.2. The zero-order valence-corrected chi connectivity index (χ0v) is 8.76. The van der Waals surface area contributed by atoms with Crippen molar-refractivity contribution in [3.63, 3.8) is 0 Å². The number of hydrogen-bond donors (Lipinski definition) is 1. The van der Waals surface area contributed by atoms with E-state index >= 15 is 0 Å². The molecule has 1 unspecified atom stereocenters. The molecule has 2 N–H and O–H groups in total. The van der Waals surface area contributed by atoms with Gasteiger partial charge in [-0.3, -0.25) is 4.79 Å². The molecule has 0 aromatic carbocycles. The van der Waals surface area contributed by atoms with Gasteiger partial charge in [0.25, 0.3) is 11.9 Å². The molecule has 0 bridgehead atoms. The molecule has 0 saturated carbocycles. The van der Waals surface area contributed by atoms with Gasteiger partial charge in [0.15, 0.2) is 0 Å². The third-order valence-electron chi connectivity index (χ3n) is 1.53. The summed E-state index contributed by atoms with van der Waals surface area (Å²) in [6, 6.07) is 1.76. The Hall–Kier alpha value is -0.880. The lowest BCUT2D eigenvalue weighted by atomic mass is 10.3. The van der Waals surface area contributed by atoms with Gasteiger partial charge in [-0.15, -0.1) is 11.3 Å². The number of carbonyl (C=O) groups is 1. The summed E-state index contributed by atoms with van der Waals surface area (Å²) >= 11 is 4.72. The molecule has 0 saturated heterocycles. The van der Waals surface area contributed by atoms with Crippen LogP contribution in [-0.4, -0.2) is 11.9 Å². The highest BCUT2D eigenvalue weighted by atomic mass is 79.9. The number of aliphatic imine (C=N–C) groups is 1. The van der Waals surface area contributed by atoms with E-state index in [-0.39, 0.29) is 11.9 Å². The molecule has 2 rings (SSSR count). The molecule has 6 heteroatoms. The zero-order valence-electron chi connectivity index (χ0n) is 6.36. The van der Waals surface area contributed by atoms with E-state index in [1.54, 1.807) is 0 Å².